The molecule has 1 fully saturated rings. The van der Waals surface area contributed by atoms with Crippen LogP contribution in [0, 0.1) is 5.82 Å². The second kappa shape index (κ2) is 5.05. The van der Waals surface area contributed by atoms with E-state index in [0.29, 0.717) is 25.4 Å². The Balaban J connectivity index is 1.94. The van der Waals surface area contributed by atoms with Crippen LogP contribution in [-0.4, -0.2) is 51.9 Å². The summed E-state index contributed by atoms with van der Waals surface area (Å²) in [4.78, 5) is 19.7. The first-order chi connectivity index (χ1) is 8.15. The van der Waals surface area contributed by atoms with E-state index >= 15 is 0 Å². The minimum atomic E-state index is -0.960. The molecule has 0 aliphatic carbocycles. The van der Waals surface area contributed by atoms with Gasteiger partial charge in [-0.25, -0.2) is 19.2 Å². The molecule has 1 aliphatic heterocycles. The second-order valence-corrected chi connectivity index (χ2v) is 3.74. The van der Waals surface area contributed by atoms with E-state index in [1.807, 2.05) is 0 Å². The van der Waals surface area contributed by atoms with E-state index in [0.717, 1.165) is 12.4 Å². The molecule has 0 saturated carbocycles. The van der Waals surface area contributed by atoms with Gasteiger partial charge in [0.05, 0.1) is 31.6 Å². The highest BCUT2D eigenvalue weighted by atomic mass is 19.1. The summed E-state index contributed by atoms with van der Waals surface area (Å²) in [5, 5.41) is 8.85. The van der Waals surface area contributed by atoms with Crippen LogP contribution < -0.4 is 0 Å². The normalized spacial score (nSPS) is 20.3. The Hall–Kier alpha value is -1.76. The van der Waals surface area contributed by atoms with Gasteiger partial charge >= 0.3 is 6.09 Å². The fourth-order valence-electron chi connectivity index (χ4n) is 1.66. The van der Waals surface area contributed by atoms with Crippen molar-refractivity contribution in [3.05, 3.63) is 24.0 Å². The van der Waals surface area contributed by atoms with Gasteiger partial charge in [0.25, 0.3) is 0 Å². The van der Waals surface area contributed by atoms with Crippen molar-refractivity contribution in [2.45, 2.75) is 12.5 Å². The molecule has 7 heteroatoms. The largest absolute Gasteiger partial charge is 0.465 e. The SMILES string of the molecule is O=C(O)N1CCOC(Cc2ncc(F)cn2)C1. The van der Waals surface area contributed by atoms with Crippen molar-refractivity contribution in [1.29, 1.82) is 0 Å². The second-order valence-electron chi connectivity index (χ2n) is 3.74. The summed E-state index contributed by atoms with van der Waals surface area (Å²) in [6.45, 7) is 1.02. The zero-order valence-corrected chi connectivity index (χ0v) is 9.04. The topological polar surface area (TPSA) is 75.5 Å². The van der Waals surface area contributed by atoms with Crippen LogP contribution in [0.25, 0.3) is 0 Å². The van der Waals surface area contributed by atoms with Gasteiger partial charge in [-0.3, -0.25) is 0 Å². The molecule has 2 heterocycles. The minimum absolute atomic E-state index is 0.273. The first-order valence-corrected chi connectivity index (χ1v) is 5.21. The van der Waals surface area contributed by atoms with Gasteiger partial charge in [0.15, 0.2) is 5.82 Å². The van der Waals surface area contributed by atoms with Gasteiger partial charge in [-0.1, -0.05) is 0 Å². The van der Waals surface area contributed by atoms with Crippen molar-refractivity contribution in [2.24, 2.45) is 0 Å². The Morgan fingerprint density at radius 3 is 2.94 bits per heavy atom. The van der Waals surface area contributed by atoms with E-state index in [1.165, 1.54) is 4.90 Å². The Morgan fingerprint density at radius 1 is 1.59 bits per heavy atom. The zero-order chi connectivity index (χ0) is 12.3. The van der Waals surface area contributed by atoms with Crippen LogP contribution in [0.4, 0.5) is 9.18 Å². The fourth-order valence-corrected chi connectivity index (χ4v) is 1.66. The molecule has 1 amide bonds. The van der Waals surface area contributed by atoms with Gasteiger partial charge in [0.1, 0.15) is 5.82 Å². The number of morpholine rings is 1. The number of carboxylic acid groups (broad SMARTS) is 1. The summed E-state index contributed by atoms with van der Waals surface area (Å²) in [6, 6.07) is 0. The lowest BCUT2D eigenvalue weighted by molar-refractivity contribution is -0.0219. The predicted octanol–water partition coefficient (Wildman–Crippen LogP) is 0.537. The molecule has 0 aromatic carbocycles. The Morgan fingerprint density at radius 2 is 2.29 bits per heavy atom. The molecule has 1 unspecified atom stereocenters. The van der Waals surface area contributed by atoms with E-state index in [1.54, 1.807) is 0 Å². The van der Waals surface area contributed by atoms with E-state index in [-0.39, 0.29) is 12.6 Å². The molecule has 0 spiro atoms. The summed E-state index contributed by atoms with van der Waals surface area (Å²) in [5.74, 6) is -0.0471. The predicted molar refractivity (Wildman–Crippen MR) is 55.0 cm³/mol. The Kier molecular flexibility index (Phi) is 3.48. The maximum atomic E-state index is 12.6. The molecule has 17 heavy (non-hydrogen) atoms. The van der Waals surface area contributed by atoms with E-state index < -0.39 is 11.9 Å². The highest BCUT2D eigenvalue weighted by Crippen LogP contribution is 2.09. The molecule has 6 nitrogen and oxygen atoms in total. The van der Waals surface area contributed by atoms with Crippen LogP contribution in [-0.2, 0) is 11.2 Å². The van der Waals surface area contributed by atoms with Gasteiger partial charge in [-0.2, -0.15) is 0 Å². The van der Waals surface area contributed by atoms with Crippen molar-refractivity contribution in [2.75, 3.05) is 19.7 Å². The van der Waals surface area contributed by atoms with Crippen LogP contribution in [0.5, 0.6) is 0 Å². The molecular weight excluding hydrogens is 229 g/mol. The lowest BCUT2D eigenvalue weighted by Crippen LogP contribution is -2.45. The van der Waals surface area contributed by atoms with Crippen LogP contribution in [0.3, 0.4) is 0 Å². The van der Waals surface area contributed by atoms with Gasteiger partial charge in [-0.15, -0.1) is 0 Å². The van der Waals surface area contributed by atoms with Gasteiger partial charge in [0.2, 0.25) is 0 Å². The molecule has 0 radical (unpaired) electrons. The van der Waals surface area contributed by atoms with Crippen LogP contribution in [0.15, 0.2) is 12.4 Å². The molecule has 1 aromatic heterocycles. The Bertz CT molecular complexity index is 398. The highest BCUT2D eigenvalue weighted by Gasteiger charge is 2.24. The summed E-state index contributed by atoms with van der Waals surface area (Å²) in [6.07, 6.45) is 1.31. The zero-order valence-electron chi connectivity index (χ0n) is 9.04. The van der Waals surface area contributed by atoms with Crippen molar-refractivity contribution >= 4 is 6.09 Å². The van der Waals surface area contributed by atoms with Crippen LogP contribution in [0.2, 0.25) is 0 Å². The average Bonchev–Trinajstić information content (AvgIpc) is 2.32. The number of amides is 1. The smallest absolute Gasteiger partial charge is 0.407 e. The summed E-state index contributed by atoms with van der Waals surface area (Å²) >= 11 is 0. The van der Waals surface area contributed by atoms with E-state index in [2.05, 4.69) is 9.97 Å². The molecule has 2 rings (SSSR count). The van der Waals surface area contributed by atoms with Gasteiger partial charge in [0, 0.05) is 13.0 Å². The van der Waals surface area contributed by atoms with Gasteiger partial charge < -0.3 is 14.7 Å². The van der Waals surface area contributed by atoms with Gasteiger partial charge in [-0.05, 0) is 0 Å². The lowest BCUT2D eigenvalue weighted by atomic mass is 10.2. The van der Waals surface area contributed by atoms with Crippen LogP contribution >= 0.6 is 0 Å². The fraction of sp³-hybridized carbons (Fsp3) is 0.500. The number of carbonyl (C=O) groups is 1. The van der Waals surface area contributed by atoms with E-state index in [4.69, 9.17) is 9.84 Å². The number of hydrogen-bond donors (Lipinski definition) is 1. The number of rotatable bonds is 2. The van der Waals surface area contributed by atoms with Crippen molar-refractivity contribution in [1.82, 2.24) is 14.9 Å². The number of aromatic nitrogens is 2. The monoisotopic (exact) mass is 241 g/mol. The number of nitrogens with zero attached hydrogens (tertiary/aromatic N) is 3. The molecular formula is C10H12FN3O3. The molecule has 1 aromatic rings. The maximum Gasteiger partial charge on any atom is 0.407 e. The maximum absolute atomic E-state index is 12.6. The number of ether oxygens (including phenoxy) is 1. The first kappa shape index (κ1) is 11.7. The summed E-state index contributed by atoms with van der Waals surface area (Å²) in [7, 11) is 0. The molecule has 1 aliphatic rings. The summed E-state index contributed by atoms with van der Waals surface area (Å²) < 4.78 is 18.0. The summed E-state index contributed by atoms with van der Waals surface area (Å²) in [5.41, 5.74) is 0. The highest BCUT2D eigenvalue weighted by molar-refractivity contribution is 5.65. The van der Waals surface area contributed by atoms with Crippen molar-refractivity contribution in [3.8, 4) is 0 Å². The molecule has 1 saturated heterocycles. The number of halogens is 1. The quantitative estimate of drug-likeness (QED) is 0.817. The average molecular weight is 241 g/mol. The molecule has 1 atom stereocenters. The molecule has 0 bridgehead atoms. The third-order valence-electron chi connectivity index (χ3n) is 2.49. The minimum Gasteiger partial charge on any atom is -0.465 e. The van der Waals surface area contributed by atoms with Crippen LogP contribution in [0.1, 0.15) is 5.82 Å². The van der Waals surface area contributed by atoms with Crippen molar-refractivity contribution in [3.63, 3.8) is 0 Å². The number of hydrogen-bond acceptors (Lipinski definition) is 4. The van der Waals surface area contributed by atoms with E-state index in [9.17, 15) is 9.18 Å². The first-order valence-electron chi connectivity index (χ1n) is 5.21. The Labute approximate surface area is 97.0 Å². The molecule has 92 valence electrons. The lowest BCUT2D eigenvalue weighted by Gasteiger charge is -2.30. The third-order valence-corrected chi connectivity index (χ3v) is 2.49. The standard InChI is InChI=1S/C10H12FN3O3/c11-7-4-12-9(13-5-7)3-8-6-14(10(15)16)1-2-17-8/h4-5,8H,1-3,6H2,(H,15,16). The molecule has 1 N–H and O–H groups in total. The van der Waals surface area contributed by atoms with Crippen molar-refractivity contribution < 1.29 is 19.0 Å². The third kappa shape index (κ3) is 3.10.